The zero-order chi connectivity index (χ0) is 18.7. The van der Waals surface area contributed by atoms with Gasteiger partial charge in [0.15, 0.2) is 0 Å². The summed E-state index contributed by atoms with van der Waals surface area (Å²) in [7, 11) is 0. The number of esters is 1. The fraction of sp³-hybridized carbons (Fsp3) is 0.632. The SMILES string of the molecule is CCOC(=O)c1c(NC(=O)[C@H]2CCCC[C@@H]2C(=O)[O-])sc2c1CCCC2. The van der Waals surface area contributed by atoms with Crippen molar-refractivity contribution in [1.29, 1.82) is 0 Å². The third-order valence-corrected chi connectivity index (χ3v) is 6.50. The largest absolute Gasteiger partial charge is 0.550 e. The lowest BCUT2D eigenvalue weighted by atomic mass is 9.78. The summed E-state index contributed by atoms with van der Waals surface area (Å²) in [5.74, 6) is -3.28. The summed E-state index contributed by atoms with van der Waals surface area (Å²) in [6, 6.07) is 0. The van der Waals surface area contributed by atoms with E-state index in [0.717, 1.165) is 49.0 Å². The van der Waals surface area contributed by atoms with E-state index in [2.05, 4.69) is 5.32 Å². The van der Waals surface area contributed by atoms with Crippen LogP contribution in [-0.2, 0) is 27.2 Å². The molecule has 142 valence electrons. The fourth-order valence-electron chi connectivity index (χ4n) is 4.00. The van der Waals surface area contributed by atoms with Gasteiger partial charge in [0.25, 0.3) is 0 Å². The minimum atomic E-state index is -1.17. The van der Waals surface area contributed by atoms with Crippen LogP contribution >= 0.6 is 11.3 Å². The molecule has 0 saturated heterocycles. The third kappa shape index (κ3) is 3.77. The highest BCUT2D eigenvalue weighted by Crippen LogP contribution is 2.39. The van der Waals surface area contributed by atoms with Crippen LogP contribution in [0.25, 0.3) is 0 Å². The van der Waals surface area contributed by atoms with Crippen molar-refractivity contribution >= 4 is 34.2 Å². The molecule has 1 fully saturated rings. The van der Waals surface area contributed by atoms with E-state index in [1.807, 2.05) is 0 Å². The van der Waals surface area contributed by atoms with Crippen LogP contribution in [0.5, 0.6) is 0 Å². The highest BCUT2D eigenvalue weighted by molar-refractivity contribution is 7.17. The first-order chi connectivity index (χ1) is 12.5. The fourth-order valence-corrected chi connectivity index (χ4v) is 5.28. The standard InChI is InChI=1S/C19H25NO5S/c1-2-25-19(24)15-13-9-5-6-10-14(13)26-17(15)20-16(21)11-7-3-4-8-12(11)18(22)23/h11-12H,2-10H2,1H3,(H,20,21)(H,22,23)/p-1/t11-,12-/m0/s1. The molecule has 1 heterocycles. The second-order valence-corrected chi connectivity index (χ2v) is 8.05. The van der Waals surface area contributed by atoms with Crippen molar-refractivity contribution in [3.05, 3.63) is 16.0 Å². The monoisotopic (exact) mass is 378 g/mol. The molecule has 0 aromatic carbocycles. The second kappa shape index (κ2) is 8.20. The molecular weight excluding hydrogens is 354 g/mol. The number of carbonyl (C=O) groups is 3. The van der Waals surface area contributed by atoms with Crippen molar-refractivity contribution < 1.29 is 24.2 Å². The van der Waals surface area contributed by atoms with E-state index >= 15 is 0 Å². The number of nitrogens with one attached hydrogen (secondary N) is 1. The number of thiophene rings is 1. The highest BCUT2D eigenvalue weighted by Gasteiger charge is 2.34. The molecule has 1 saturated carbocycles. The minimum absolute atomic E-state index is 0.270. The van der Waals surface area contributed by atoms with Gasteiger partial charge >= 0.3 is 5.97 Å². The molecule has 1 aromatic rings. The molecule has 3 rings (SSSR count). The molecule has 1 amide bonds. The number of amides is 1. The maximum Gasteiger partial charge on any atom is 0.341 e. The van der Waals surface area contributed by atoms with Crippen LogP contribution < -0.4 is 10.4 Å². The quantitative estimate of drug-likeness (QED) is 0.793. The molecule has 6 nitrogen and oxygen atoms in total. The number of rotatable bonds is 5. The van der Waals surface area contributed by atoms with Crippen LogP contribution in [0, 0.1) is 11.8 Å². The summed E-state index contributed by atoms with van der Waals surface area (Å²) >= 11 is 1.42. The van der Waals surface area contributed by atoms with Crippen LogP contribution in [0.4, 0.5) is 5.00 Å². The van der Waals surface area contributed by atoms with Gasteiger partial charge in [0.1, 0.15) is 5.00 Å². The van der Waals surface area contributed by atoms with E-state index < -0.39 is 23.8 Å². The van der Waals surface area contributed by atoms with E-state index in [9.17, 15) is 19.5 Å². The minimum Gasteiger partial charge on any atom is -0.550 e. The molecular formula is C19H24NO5S-. The maximum atomic E-state index is 12.8. The van der Waals surface area contributed by atoms with Gasteiger partial charge in [-0.15, -0.1) is 11.3 Å². The Balaban J connectivity index is 1.86. The lowest BCUT2D eigenvalue weighted by molar-refractivity contribution is -0.313. The van der Waals surface area contributed by atoms with Gasteiger partial charge in [0.05, 0.1) is 12.2 Å². The molecule has 0 unspecified atom stereocenters. The van der Waals surface area contributed by atoms with Crippen LogP contribution in [0.1, 0.15) is 66.2 Å². The van der Waals surface area contributed by atoms with Crippen molar-refractivity contribution in [1.82, 2.24) is 0 Å². The van der Waals surface area contributed by atoms with Crippen molar-refractivity contribution in [2.45, 2.75) is 58.3 Å². The predicted molar refractivity (Wildman–Crippen MR) is 96.0 cm³/mol. The van der Waals surface area contributed by atoms with Gasteiger partial charge in [-0.3, -0.25) is 4.79 Å². The second-order valence-electron chi connectivity index (χ2n) is 6.94. The summed E-state index contributed by atoms with van der Waals surface area (Å²) < 4.78 is 5.19. The number of carbonyl (C=O) groups excluding carboxylic acids is 3. The van der Waals surface area contributed by atoms with Crippen LogP contribution in [0.2, 0.25) is 0 Å². The molecule has 2 aliphatic carbocycles. The zero-order valence-electron chi connectivity index (χ0n) is 15.0. The summed E-state index contributed by atoms with van der Waals surface area (Å²) in [4.78, 5) is 37.7. The van der Waals surface area contributed by atoms with Crippen molar-refractivity contribution in [2.75, 3.05) is 11.9 Å². The van der Waals surface area contributed by atoms with Gasteiger partial charge in [-0.1, -0.05) is 12.8 Å². The Morgan fingerprint density at radius 1 is 1.12 bits per heavy atom. The van der Waals surface area contributed by atoms with E-state index in [1.165, 1.54) is 11.3 Å². The number of carboxylic acids is 1. The molecule has 26 heavy (non-hydrogen) atoms. The number of anilines is 1. The van der Waals surface area contributed by atoms with E-state index in [4.69, 9.17) is 4.74 Å². The van der Waals surface area contributed by atoms with Crippen LogP contribution in [0.15, 0.2) is 0 Å². The van der Waals surface area contributed by atoms with Gasteiger partial charge in [-0.05, 0) is 51.0 Å². The molecule has 0 bridgehead atoms. The average Bonchev–Trinajstić information content (AvgIpc) is 2.99. The molecule has 7 heteroatoms. The maximum absolute atomic E-state index is 12.8. The van der Waals surface area contributed by atoms with Crippen molar-refractivity contribution in [3.8, 4) is 0 Å². The molecule has 2 aliphatic rings. The molecule has 0 aliphatic heterocycles. The predicted octanol–water partition coefficient (Wildman–Crippen LogP) is 2.30. The lowest BCUT2D eigenvalue weighted by Gasteiger charge is -2.31. The van der Waals surface area contributed by atoms with Crippen LogP contribution in [-0.4, -0.2) is 24.5 Å². The Bertz CT molecular complexity index is 711. The highest BCUT2D eigenvalue weighted by atomic mass is 32.1. The Morgan fingerprint density at radius 3 is 2.50 bits per heavy atom. The number of hydrogen-bond donors (Lipinski definition) is 1. The molecule has 0 radical (unpaired) electrons. The summed E-state index contributed by atoms with van der Waals surface area (Å²) in [6.45, 7) is 2.02. The third-order valence-electron chi connectivity index (χ3n) is 5.29. The Labute approximate surface area is 156 Å². The first-order valence-electron chi connectivity index (χ1n) is 9.36. The molecule has 2 atom stereocenters. The first kappa shape index (κ1) is 18.9. The van der Waals surface area contributed by atoms with Crippen LogP contribution in [0.3, 0.4) is 0 Å². The summed E-state index contributed by atoms with van der Waals surface area (Å²) in [5.41, 5.74) is 1.44. The Morgan fingerprint density at radius 2 is 1.81 bits per heavy atom. The number of hydrogen-bond acceptors (Lipinski definition) is 6. The number of fused-ring (bicyclic) bond motifs is 1. The summed E-state index contributed by atoms with van der Waals surface area (Å²) in [5, 5.41) is 14.7. The number of ether oxygens (including phenoxy) is 1. The summed E-state index contributed by atoms with van der Waals surface area (Å²) in [6.07, 6.45) is 6.40. The topological polar surface area (TPSA) is 95.5 Å². The van der Waals surface area contributed by atoms with Gasteiger partial charge in [-0.25, -0.2) is 4.79 Å². The zero-order valence-corrected chi connectivity index (χ0v) is 15.8. The molecule has 1 aromatic heterocycles. The van der Waals surface area contributed by atoms with E-state index in [1.54, 1.807) is 6.92 Å². The molecule has 1 N–H and O–H groups in total. The van der Waals surface area contributed by atoms with E-state index in [-0.39, 0.29) is 12.5 Å². The Kier molecular flexibility index (Phi) is 5.96. The normalized spacial score (nSPS) is 22.3. The van der Waals surface area contributed by atoms with Gasteiger partial charge < -0.3 is 20.0 Å². The Hall–Kier alpha value is -1.89. The lowest BCUT2D eigenvalue weighted by Crippen LogP contribution is -2.42. The van der Waals surface area contributed by atoms with Gasteiger partial charge in [0.2, 0.25) is 5.91 Å². The molecule has 0 spiro atoms. The smallest absolute Gasteiger partial charge is 0.341 e. The van der Waals surface area contributed by atoms with E-state index in [0.29, 0.717) is 23.4 Å². The average molecular weight is 378 g/mol. The van der Waals surface area contributed by atoms with Gasteiger partial charge in [0, 0.05) is 22.7 Å². The number of aryl methyl sites for hydroxylation is 1. The van der Waals surface area contributed by atoms with Crippen molar-refractivity contribution in [3.63, 3.8) is 0 Å². The first-order valence-corrected chi connectivity index (χ1v) is 10.2. The number of carboxylic acid groups (broad SMARTS) is 1. The van der Waals surface area contributed by atoms with Crippen molar-refractivity contribution in [2.24, 2.45) is 11.8 Å². The number of aliphatic carboxylic acids is 1. The van der Waals surface area contributed by atoms with Gasteiger partial charge in [-0.2, -0.15) is 0 Å².